The van der Waals surface area contributed by atoms with E-state index in [1.807, 2.05) is 18.2 Å². The van der Waals surface area contributed by atoms with Crippen LogP contribution in [0.1, 0.15) is 110 Å². The molecule has 0 saturated heterocycles. The van der Waals surface area contributed by atoms with Gasteiger partial charge in [-0.2, -0.15) is 0 Å². The van der Waals surface area contributed by atoms with Crippen molar-refractivity contribution >= 4 is 5.97 Å². The van der Waals surface area contributed by atoms with E-state index in [1.165, 1.54) is 50.5 Å². The molecule has 1 rings (SSSR count). The number of rotatable bonds is 20. The number of aliphatic carboxylic acids is 1. The average Bonchev–Trinajstić information content (AvgIpc) is 2.79. The van der Waals surface area contributed by atoms with Crippen molar-refractivity contribution in [2.24, 2.45) is 23.7 Å². The molecular formula is C31H52O3. The number of carboxylic acids is 1. The SMILES string of the molecule is CCCCCC/C=C\C[C@H](CCC[C@H](CCc1ccccc1)[C@H](C(=O)O)[C@H](C)O)CCC(C)C. The summed E-state index contributed by atoms with van der Waals surface area (Å²) in [5.41, 5.74) is 1.24. The van der Waals surface area contributed by atoms with Crippen molar-refractivity contribution in [2.45, 2.75) is 117 Å². The molecule has 0 saturated carbocycles. The van der Waals surface area contributed by atoms with Gasteiger partial charge in [-0.05, 0) is 75.2 Å². The fourth-order valence-corrected chi connectivity index (χ4v) is 5.02. The smallest absolute Gasteiger partial charge is 0.309 e. The number of hydrogen-bond acceptors (Lipinski definition) is 2. The molecule has 0 spiro atoms. The Bertz CT molecular complexity index is 650. The zero-order valence-electron chi connectivity index (χ0n) is 22.4. The number of aryl methyl sites for hydroxylation is 1. The van der Waals surface area contributed by atoms with Gasteiger partial charge in [0.25, 0.3) is 0 Å². The van der Waals surface area contributed by atoms with Gasteiger partial charge in [-0.15, -0.1) is 0 Å². The van der Waals surface area contributed by atoms with Gasteiger partial charge in [0.2, 0.25) is 0 Å². The van der Waals surface area contributed by atoms with E-state index in [2.05, 4.69) is 45.1 Å². The molecule has 3 nitrogen and oxygen atoms in total. The van der Waals surface area contributed by atoms with Gasteiger partial charge in [-0.3, -0.25) is 4.79 Å². The molecule has 3 heteroatoms. The second-order valence-corrected chi connectivity index (χ2v) is 10.7. The molecule has 0 aliphatic rings. The number of hydrogen-bond donors (Lipinski definition) is 2. The summed E-state index contributed by atoms with van der Waals surface area (Å²) in [7, 11) is 0. The molecule has 0 radical (unpaired) electrons. The Balaban J connectivity index is 2.66. The van der Waals surface area contributed by atoms with Gasteiger partial charge < -0.3 is 10.2 Å². The molecule has 0 aliphatic heterocycles. The van der Waals surface area contributed by atoms with Gasteiger partial charge in [0.05, 0.1) is 12.0 Å². The third kappa shape index (κ3) is 13.9. The minimum Gasteiger partial charge on any atom is -0.481 e. The minimum absolute atomic E-state index is 0.00226. The highest BCUT2D eigenvalue weighted by atomic mass is 16.4. The lowest BCUT2D eigenvalue weighted by Crippen LogP contribution is -2.33. The second-order valence-electron chi connectivity index (χ2n) is 10.7. The first kappa shape index (κ1) is 30.4. The number of carboxylic acid groups (broad SMARTS) is 1. The first-order valence-electron chi connectivity index (χ1n) is 13.9. The van der Waals surface area contributed by atoms with Gasteiger partial charge >= 0.3 is 5.97 Å². The van der Waals surface area contributed by atoms with Gasteiger partial charge in [-0.25, -0.2) is 0 Å². The fraction of sp³-hybridized carbons (Fsp3) is 0.710. The number of allylic oxidation sites excluding steroid dienone is 2. The average molecular weight is 473 g/mol. The van der Waals surface area contributed by atoms with Crippen LogP contribution in [-0.4, -0.2) is 22.3 Å². The van der Waals surface area contributed by atoms with Crippen LogP contribution in [0.5, 0.6) is 0 Å². The molecule has 0 aromatic heterocycles. The van der Waals surface area contributed by atoms with Crippen molar-refractivity contribution in [1.82, 2.24) is 0 Å². The van der Waals surface area contributed by atoms with E-state index in [1.54, 1.807) is 6.92 Å². The Morgan fingerprint density at radius 1 is 0.882 bits per heavy atom. The largest absolute Gasteiger partial charge is 0.481 e. The van der Waals surface area contributed by atoms with Crippen LogP contribution in [0, 0.1) is 23.7 Å². The molecular weight excluding hydrogens is 420 g/mol. The van der Waals surface area contributed by atoms with Crippen molar-refractivity contribution in [3.05, 3.63) is 48.0 Å². The molecule has 34 heavy (non-hydrogen) atoms. The molecule has 0 heterocycles. The molecule has 1 aromatic rings. The second kappa shape index (κ2) is 18.7. The first-order chi connectivity index (χ1) is 16.3. The maximum absolute atomic E-state index is 12.0. The third-order valence-corrected chi connectivity index (χ3v) is 7.16. The van der Waals surface area contributed by atoms with E-state index in [0.717, 1.165) is 38.5 Å². The standard InChI is InChI=1S/C31H52O3/c1-5-6-7-8-9-10-12-16-28(22-21-25(2)3)19-15-20-29(30(26(4)32)31(33)34)24-23-27-17-13-11-14-18-27/h10-14,17-18,25-26,28-30,32H,5-9,15-16,19-24H2,1-4H3,(H,33,34)/b12-10-/t26-,28+,29+,30+/m0/s1. The van der Waals surface area contributed by atoms with Crippen LogP contribution >= 0.6 is 0 Å². The maximum Gasteiger partial charge on any atom is 0.309 e. The van der Waals surface area contributed by atoms with Crippen LogP contribution in [0.15, 0.2) is 42.5 Å². The minimum atomic E-state index is -0.865. The summed E-state index contributed by atoms with van der Waals surface area (Å²) in [4.78, 5) is 12.0. The van der Waals surface area contributed by atoms with E-state index in [-0.39, 0.29) is 5.92 Å². The van der Waals surface area contributed by atoms with Gasteiger partial charge in [0.1, 0.15) is 0 Å². The fourth-order valence-electron chi connectivity index (χ4n) is 5.02. The zero-order valence-corrected chi connectivity index (χ0v) is 22.4. The van der Waals surface area contributed by atoms with Gasteiger partial charge in [-0.1, -0.05) is 102 Å². The Labute approximate surface area is 210 Å². The summed E-state index contributed by atoms with van der Waals surface area (Å²) >= 11 is 0. The Hall–Kier alpha value is -1.61. The highest BCUT2D eigenvalue weighted by molar-refractivity contribution is 5.71. The van der Waals surface area contributed by atoms with Crippen molar-refractivity contribution in [3.8, 4) is 0 Å². The Morgan fingerprint density at radius 2 is 1.62 bits per heavy atom. The molecule has 0 aliphatic carbocycles. The summed E-state index contributed by atoms with van der Waals surface area (Å²) < 4.78 is 0. The maximum atomic E-state index is 12.0. The topological polar surface area (TPSA) is 57.5 Å². The van der Waals surface area contributed by atoms with E-state index in [9.17, 15) is 15.0 Å². The molecule has 0 unspecified atom stereocenters. The van der Waals surface area contributed by atoms with Crippen LogP contribution < -0.4 is 0 Å². The van der Waals surface area contributed by atoms with E-state index < -0.39 is 18.0 Å². The summed E-state index contributed by atoms with van der Waals surface area (Å²) in [6.45, 7) is 8.47. The number of aliphatic hydroxyl groups is 1. The summed E-state index contributed by atoms with van der Waals surface area (Å²) in [6.07, 6.45) is 18.7. The molecule has 1 aromatic carbocycles. The number of aliphatic hydroxyl groups excluding tert-OH is 1. The lowest BCUT2D eigenvalue weighted by Gasteiger charge is -2.27. The highest BCUT2D eigenvalue weighted by Gasteiger charge is 2.31. The van der Waals surface area contributed by atoms with Crippen LogP contribution in [0.4, 0.5) is 0 Å². The summed E-state index contributed by atoms with van der Waals surface area (Å²) in [6, 6.07) is 10.3. The van der Waals surface area contributed by atoms with Crippen LogP contribution in [0.3, 0.4) is 0 Å². The normalized spacial score (nSPS) is 15.5. The molecule has 0 bridgehead atoms. The van der Waals surface area contributed by atoms with E-state index >= 15 is 0 Å². The molecule has 2 N–H and O–H groups in total. The number of carbonyl (C=O) groups is 1. The predicted octanol–water partition coefficient (Wildman–Crippen LogP) is 8.46. The monoisotopic (exact) mass is 472 g/mol. The van der Waals surface area contributed by atoms with Crippen molar-refractivity contribution in [1.29, 1.82) is 0 Å². The lowest BCUT2D eigenvalue weighted by molar-refractivity contribution is -0.148. The van der Waals surface area contributed by atoms with Crippen LogP contribution in [0.2, 0.25) is 0 Å². The number of unbranched alkanes of at least 4 members (excludes halogenated alkanes) is 4. The number of benzene rings is 1. The van der Waals surface area contributed by atoms with Crippen LogP contribution in [-0.2, 0) is 11.2 Å². The van der Waals surface area contributed by atoms with Gasteiger partial charge in [0.15, 0.2) is 0 Å². The first-order valence-corrected chi connectivity index (χ1v) is 13.9. The third-order valence-electron chi connectivity index (χ3n) is 7.16. The van der Waals surface area contributed by atoms with Crippen molar-refractivity contribution < 1.29 is 15.0 Å². The highest BCUT2D eigenvalue weighted by Crippen LogP contribution is 2.30. The molecule has 4 atom stereocenters. The Morgan fingerprint density at radius 3 is 2.24 bits per heavy atom. The van der Waals surface area contributed by atoms with E-state index in [4.69, 9.17) is 0 Å². The quantitative estimate of drug-likeness (QED) is 0.148. The predicted molar refractivity (Wildman–Crippen MR) is 145 cm³/mol. The Kier molecular flexibility index (Phi) is 16.7. The molecule has 0 amide bonds. The van der Waals surface area contributed by atoms with Crippen LogP contribution in [0.25, 0.3) is 0 Å². The lowest BCUT2D eigenvalue weighted by atomic mass is 9.79. The summed E-state index contributed by atoms with van der Waals surface area (Å²) in [5, 5.41) is 20.1. The summed E-state index contributed by atoms with van der Waals surface area (Å²) in [5.74, 6) is -0.182. The van der Waals surface area contributed by atoms with Crippen molar-refractivity contribution in [3.63, 3.8) is 0 Å². The molecule has 194 valence electrons. The van der Waals surface area contributed by atoms with Crippen molar-refractivity contribution in [2.75, 3.05) is 0 Å². The zero-order chi connectivity index (χ0) is 25.2. The van der Waals surface area contributed by atoms with E-state index in [0.29, 0.717) is 11.8 Å². The van der Waals surface area contributed by atoms with Gasteiger partial charge in [0, 0.05) is 0 Å². The molecule has 0 fully saturated rings.